The normalized spacial score (nSPS) is 10.8. The number of fused-ring (bicyclic) bond motifs is 1. The van der Waals surface area contributed by atoms with Crippen molar-refractivity contribution < 1.29 is 4.74 Å². The molecule has 3 aromatic rings. The molecule has 2 aromatic heterocycles. The van der Waals surface area contributed by atoms with E-state index in [9.17, 15) is 9.59 Å². The topological polar surface area (TPSA) is 89.9 Å². The summed E-state index contributed by atoms with van der Waals surface area (Å²) in [4.78, 5) is 34.6. The Hall–Kier alpha value is -2.67. The van der Waals surface area contributed by atoms with E-state index in [1.807, 2.05) is 0 Å². The highest BCUT2D eigenvalue weighted by atomic mass is 35.5. The van der Waals surface area contributed by atoms with Crippen LogP contribution in [0.1, 0.15) is 6.92 Å². The fourth-order valence-corrected chi connectivity index (χ4v) is 2.14. The number of benzene rings is 1. The molecule has 2 heterocycles. The number of halogens is 1. The lowest BCUT2D eigenvalue weighted by atomic mass is 10.3. The van der Waals surface area contributed by atoms with Gasteiger partial charge in [0.25, 0.3) is 0 Å². The quantitative estimate of drug-likeness (QED) is 0.739. The summed E-state index contributed by atoms with van der Waals surface area (Å²) in [6.07, 6.45) is 1.40. The first-order valence-electron chi connectivity index (χ1n) is 6.51. The van der Waals surface area contributed by atoms with Crippen molar-refractivity contribution in [2.45, 2.75) is 6.92 Å². The van der Waals surface area contributed by atoms with Gasteiger partial charge in [-0.05, 0) is 31.2 Å². The van der Waals surface area contributed by atoms with Gasteiger partial charge in [-0.2, -0.15) is 4.98 Å². The third-order valence-electron chi connectivity index (χ3n) is 2.96. The van der Waals surface area contributed by atoms with Gasteiger partial charge in [0.1, 0.15) is 5.52 Å². The minimum atomic E-state index is -0.754. The van der Waals surface area contributed by atoms with Gasteiger partial charge < -0.3 is 9.72 Å². The lowest BCUT2D eigenvalue weighted by Gasteiger charge is -2.09. The zero-order chi connectivity index (χ0) is 15.7. The third-order valence-corrected chi connectivity index (χ3v) is 3.21. The number of ether oxygens (including phenoxy) is 1. The predicted octanol–water partition coefficient (Wildman–Crippen LogP) is 1.52. The van der Waals surface area contributed by atoms with Crippen LogP contribution in [0.2, 0.25) is 5.02 Å². The molecular formula is C14H11ClN4O3. The van der Waals surface area contributed by atoms with E-state index in [0.29, 0.717) is 22.8 Å². The van der Waals surface area contributed by atoms with E-state index in [-0.39, 0.29) is 11.7 Å². The molecular weight excluding hydrogens is 308 g/mol. The van der Waals surface area contributed by atoms with Gasteiger partial charge in [0.2, 0.25) is 0 Å². The third kappa shape index (κ3) is 2.46. The summed E-state index contributed by atoms with van der Waals surface area (Å²) in [5.74, 6) is 0. The number of hydrogen-bond acceptors (Lipinski definition) is 5. The van der Waals surface area contributed by atoms with Crippen molar-refractivity contribution >= 4 is 22.8 Å². The Morgan fingerprint density at radius 2 is 2.00 bits per heavy atom. The lowest BCUT2D eigenvalue weighted by molar-refractivity contribution is 0.313. The Morgan fingerprint density at radius 1 is 1.27 bits per heavy atom. The predicted molar refractivity (Wildman–Crippen MR) is 81.9 cm³/mol. The Balaban J connectivity index is 2.36. The molecule has 1 N–H and O–H groups in total. The van der Waals surface area contributed by atoms with E-state index >= 15 is 0 Å². The maximum Gasteiger partial charge on any atom is 0.322 e. The van der Waals surface area contributed by atoms with Crippen LogP contribution in [0.5, 0.6) is 6.01 Å². The molecule has 0 fully saturated rings. The fraction of sp³-hybridized carbons (Fsp3) is 0.143. The molecule has 0 saturated heterocycles. The number of aromatic amines is 1. The maximum atomic E-state index is 12.2. The van der Waals surface area contributed by atoms with Crippen LogP contribution < -0.4 is 15.9 Å². The molecule has 0 unspecified atom stereocenters. The van der Waals surface area contributed by atoms with Crippen molar-refractivity contribution in [3.8, 4) is 11.7 Å². The number of aromatic nitrogens is 4. The molecule has 112 valence electrons. The van der Waals surface area contributed by atoms with Crippen LogP contribution in [0, 0.1) is 0 Å². The van der Waals surface area contributed by atoms with Gasteiger partial charge in [-0.25, -0.2) is 4.98 Å². The van der Waals surface area contributed by atoms with Gasteiger partial charge in [0, 0.05) is 5.02 Å². The van der Waals surface area contributed by atoms with E-state index in [4.69, 9.17) is 16.3 Å². The molecule has 3 rings (SSSR count). The molecule has 0 aliphatic carbocycles. The molecule has 22 heavy (non-hydrogen) atoms. The van der Waals surface area contributed by atoms with E-state index in [0.717, 1.165) is 0 Å². The summed E-state index contributed by atoms with van der Waals surface area (Å²) in [5, 5.41) is 0.524. The maximum absolute atomic E-state index is 12.2. The fourth-order valence-electron chi connectivity index (χ4n) is 2.02. The van der Waals surface area contributed by atoms with Crippen LogP contribution in [-0.4, -0.2) is 26.1 Å². The van der Waals surface area contributed by atoms with Gasteiger partial charge in [0.15, 0.2) is 5.65 Å². The van der Waals surface area contributed by atoms with E-state index in [2.05, 4.69) is 15.0 Å². The van der Waals surface area contributed by atoms with Crippen LogP contribution in [0.4, 0.5) is 0 Å². The summed E-state index contributed by atoms with van der Waals surface area (Å²) < 4.78 is 6.45. The summed E-state index contributed by atoms with van der Waals surface area (Å²) in [5.41, 5.74) is -0.425. The second-order valence-electron chi connectivity index (χ2n) is 4.39. The van der Waals surface area contributed by atoms with Gasteiger partial charge >= 0.3 is 17.1 Å². The molecule has 0 aliphatic rings. The molecule has 1 aromatic carbocycles. The van der Waals surface area contributed by atoms with Crippen LogP contribution in [0.15, 0.2) is 40.1 Å². The Labute approximate surface area is 129 Å². The molecule has 0 saturated carbocycles. The van der Waals surface area contributed by atoms with Crippen LogP contribution >= 0.6 is 11.6 Å². The molecule has 8 heteroatoms. The van der Waals surface area contributed by atoms with Gasteiger partial charge in [-0.15, -0.1) is 0 Å². The van der Waals surface area contributed by atoms with Crippen LogP contribution in [0.3, 0.4) is 0 Å². The monoisotopic (exact) mass is 318 g/mol. The molecule has 0 radical (unpaired) electrons. The number of nitrogens with one attached hydrogen (secondary N) is 1. The van der Waals surface area contributed by atoms with E-state index in [1.165, 1.54) is 10.8 Å². The molecule has 0 spiro atoms. The second-order valence-corrected chi connectivity index (χ2v) is 4.83. The average molecular weight is 319 g/mol. The van der Waals surface area contributed by atoms with E-state index < -0.39 is 11.1 Å². The van der Waals surface area contributed by atoms with Crippen molar-refractivity contribution in [3.63, 3.8) is 0 Å². The van der Waals surface area contributed by atoms with Crippen molar-refractivity contribution in [1.82, 2.24) is 19.5 Å². The number of rotatable bonds is 3. The minimum absolute atomic E-state index is 0.129. The summed E-state index contributed by atoms with van der Waals surface area (Å²) >= 11 is 5.85. The summed E-state index contributed by atoms with van der Waals surface area (Å²) in [6.45, 7) is 2.19. The summed E-state index contributed by atoms with van der Waals surface area (Å²) in [7, 11) is 0. The first-order valence-corrected chi connectivity index (χ1v) is 6.88. The second kappa shape index (κ2) is 5.61. The van der Waals surface area contributed by atoms with Crippen molar-refractivity contribution in [2.24, 2.45) is 0 Å². The Kier molecular flexibility index (Phi) is 3.64. The zero-order valence-corrected chi connectivity index (χ0v) is 12.3. The van der Waals surface area contributed by atoms with Gasteiger partial charge in [-0.1, -0.05) is 11.6 Å². The molecule has 0 bridgehead atoms. The smallest absolute Gasteiger partial charge is 0.322 e. The van der Waals surface area contributed by atoms with Crippen molar-refractivity contribution in [3.05, 3.63) is 56.2 Å². The van der Waals surface area contributed by atoms with Crippen LogP contribution in [0.25, 0.3) is 16.9 Å². The highest BCUT2D eigenvalue weighted by Gasteiger charge is 2.12. The standard InChI is InChI=1S/C14H11ClN4O3/c1-2-22-14-16-7-10-11(18-14)19(13(21)12(20)17-10)9-5-3-8(15)4-6-9/h3-7H,2H2,1H3,(H,17,20). The molecule has 0 aliphatic heterocycles. The van der Waals surface area contributed by atoms with Crippen molar-refractivity contribution in [2.75, 3.05) is 6.61 Å². The summed E-state index contributed by atoms with van der Waals surface area (Å²) in [6, 6.07) is 6.64. The highest BCUT2D eigenvalue weighted by Crippen LogP contribution is 2.16. The SMILES string of the molecule is CCOc1ncc2[nH]c(=O)c(=O)n(-c3ccc(Cl)cc3)c2n1. The van der Waals surface area contributed by atoms with Gasteiger partial charge in [-0.3, -0.25) is 14.2 Å². The first kappa shape index (κ1) is 14.3. The largest absolute Gasteiger partial charge is 0.464 e. The van der Waals surface area contributed by atoms with E-state index in [1.54, 1.807) is 31.2 Å². The zero-order valence-electron chi connectivity index (χ0n) is 11.5. The number of hydrogen-bond donors (Lipinski definition) is 1. The Bertz CT molecular complexity index is 947. The first-order chi connectivity index (χ1) is 10.6. The number of H-pyrrole nitrogens is 1. The number of nitrogens with zero attached hydrogens (tertiary/aromatic N) is 3. The minimum Gasteiger partial charge on any atom is -0.464 e. The molecule has 7 nitrogen and oxygen atoms in total. The van der Waals surface area contributed by atoms with Crippen molar-refractivity contribution in [1.29, 1.82) is 0 Å². The molecule has 0 atom stereocenters. The Morgan fingerprint density at radius 3 is 2.68 bits per heavy atom. The molecule has 0 amide bonds. The van der Waals surface area contributed by atoms with Crippen LogP contribution in [-0.2, 0) is 0 Å². The lowest BCUT2D eigenvalue weighted by Crippen LogP contribution is -2.35. The van der Waals surface area contributed by atoms with Gasteiger partial charge in [0.05, 0.1) is 18.5 Å². The highest BCUT2D eigenvalue weighted by molar-refractivity contribution is 6.30. The average Bonchev–Trinajstić information content (AvgIpc) is 2.51.